The number of carboxylic acids is 1. The molecule has 0 saturated heterocycles. The molecule has 1 aromatic heterocycles. The van der Waals surface area contributed by atoms with Crippen LogP contribution < -0.4 is 26.0 Å². The van der Waals surface area contributed by atoms with E-state index in [1.807, 2.05) is 25.1 Å². The van der Waals surface area contributed by atoms with E-state index in [1.165, 1.54) is 14.0 Å². The van der Waals surface area contributed by atoms with Crippen LogP contribution in [0, 0.1) is 13.8 Å². The summed E-state index contributed by atoms with van der Waals surface area (Å²) in [5.41, 5.74) is 3.34. The number of oxazole rings is 1. The van der Waals surface area contributed by atoms with Gasteiger partial charge >= 0.3 is 12.0 Å². The number of Topliss-reactive ketones (excluding diaryl/α,β-unsaturated/α-hetero) is 1. The van der Waals surface area contributed by atoms with E-state index in [4.69, 9.17) is 9.15 Å². The largest absolute Gasteiger partial charge is 0.495 e. The molecule has 3 amide bonds. The average molecular weight is 552 g/mol. The zero-order valence-electron chi connectivity index (χ0n) is 22.8. The van der Waals surface area contributed by atoms with Crippen molar-refractivity contribution < 1.29 is 33.4 Å². The monoisotopic (exact) mass is 551 g/mol. The number of urea groups is 1. The van der Waals surface area contributed by atoms with Gasteiger partial charge in [-0.1, -0.05) is 24.3 Å². The Morgan fingerprint density at radius 1 is 1.05 bits per heavy atom. The number of ketones is 1. The fourth-order valence-corrected chi connectivity index (χ4v) is 3.91. The highest BCUT2D eigenvalue weighted by Crippen LogP contribution is 2.26. The number of nitrogens with zero attached hydrogens (tertiary/aromatic N) is 1. The molecule has 212 valence electrons. The van der Waals surface area contributed by atoms with Gasteiger partial charge in [-0.05, 0) is 43.2 Å². The van der Waals surface area contributed by atoms with Gasteiger partial charge in [-0.3, -0.25) is 9.59 Å². The van der Waals surface area contributed by atoms with Crippen molar-refractivity contribution in [3.8, 4) is 5.75 Å². The minimum Gasteiger partial charge on any atom is -0.495 e. The molecule has 0 aliphatic rings. The van der Waals surface area contributed by atoms with E-state index in [1.54, 1.807) is 31.2 Å². The first-order valence-corrected chi connectivity index (χ1v) is 12.5. The van der Waals surface area contributed by atoms with Crippen molar-refractivity contribution in [1.82, 2.24) is 15.6 Å². The first-order chi connectivity index (χ1) is 19.0. The highest BCUT2D eigenvalue weighted by atomic mass is 16.5. The number of benzene rings is 2. The number of anilines is 2. The van der Waals surface area contributed by atoms with Crippen LogP contribution in [0.2, 0.25) is 0 Å². The lowest BCUT2D eigenvalue weighted by Gasteiger charge is -2.13. The van der Waals surface area contributed by atoms with Gasteiger partial charge in [-0.15, -0.1) is 0 Å². The van der Waals surface area contributed by atoms with E-state index in [-0.39, 0.29) is 37.6 Å². The van der Waals surface area contributed by atoms with Crippen LogP contribution in [-0.2, 0) is 33.8 Å². The van der Waals surface area contributed by atoms with Gasteiger partial charge in [0.25, 0.3) is 0 Å². The average Bonchev–Trinajstić information content (AvgIpc) is 3.24. The normalized spacial score (nSPS) is 11.4. The van der Waals surface area contributed by atoms with Gasteiger partial charge in [0.2, 0.25) is 5.91 Å². The Labute approximate surface area is 231 Å². The Kier molecular flexibility index (Phi) is 10.4. The number of ether oxygens (including phenoxy) is 1. The summed E-state index contributed by atoms with van der Waals surface area (Å²) in [5.74, 6) is -0.664. The highest BCUT2D eigenvalue weighted by Gasteiger charge is 2.22. The second-order valence-electron chi connectivity index (χ2n) is 9.15. The number of hydrogen-bond donors (Lipinski definition) is 5. The van der Waals surface area contributed by atoms with Crippen molar-refractivity contribution in [1.29, 1.82) is 0 Å². The van der Waals surface area contributed by atoms with Gasteiger partial charge in [0.05, 0.1) is 31.5 Å². The maximum Gasteiger partial charge on any atom is 0.326 e. The van der Waals surface area contributed by atoms with Crippen molar-refractivity contribution in [2.45, 2.75) is 46.2 Å². The molecule has 12 heteroatoms. The lowest BCUT2D eigenvalue weighted by molar-refractivity contribution is -0.141. The van der Waals surface area contributed by atoms with Gasteiger partial charge in [0, 0.05) is 25.6 Å². The molecule has 0 spiro atoms. The van der Waals surface area contributed by atoms with E-state index < -0.39 is 23.9 Å². The van der Waals surface area contributed by atoms with Gasteiger partial charge in [0.15, 0.2) is 11.7 Å². The molecule has 0 saturated carbocycles. The van der Waals surface area contributed by atoms with Crippen molar-refractivity contribution in [3.05, 3.63) is 70.9 Å². The van der Waals surface area contributed by atoms with E-state index >= 15 is 0 Å². The van der Waals surface area contributed by atoms with Crippen LogP contribution in [0.15, 0.2) is 46.9 Å². The Bertz CT molecular complexity index is 1390. The maximum atomic E-state index is 12.6. The van der Waals surface area contributed by atoms with E-state index in [0.29, 0.717) is 34.1 Å². The number of amides is 3. The highest BCUT2D eigenvalue weighted by molar-refractivity contribution is 6.01. The number of carbonyl (C=O) groups is 4. The summed E-state index contributed by atoms with van der Waals surface area (Å²) < 4.78 is 10.9. The van der Waals surface area contributed by atoms with E-state index in [2.05, 4.69) is 26.3 Å². The van der Waals surface area contributed by atoms with Crippen molar-refractivity contribution in [2.24, 2.45) is 0 Å². The minimum atomic E-state index is -1.19. The second-order valence-corrected chi connectivity index (χ2v) is 9.15. The first kappa shape index (κ1) is 29.8. The van der Waals surface area contributed by atoms with Crippen molar-refractivity contribution >= 4 is 35.1 Å². The zero-order valence-corrected chi connectivity index (χ0v) is 22.8. The molecule has 0 aliphatic carbocycles. The smallest absolute Gasteiger partial charge is 0.326 e. The van der Waals surface area contributed by atoms with Crippen LogP contribution in [0.5, 0.6) is 5.75 Å². The van der Waals surface area contributed by atoms with Gasteiger partial charge < -0.3 is 35.5 Å². The number of methoxy groups -OCH3 is 1. The third kappa shape index (κ3) is 8.67. The third-order valence-electron chi connectivity index (χ3n) is 5.91. The quantitative estimate of drug-likeness (QED) is 0.214. The van der Waals surface area contributed by atoms with E-state index in [9.17, 15) is 24.3 Å². The number of carbonyl (C=O) groups excluding carboxylic acids is 3. The number of rotatable bonds is 13. The summed E-state index contributed by atoms with van der Waals surface area (Å²) in [6.45, 7) is 5.12. The number of aromatic nitrogens is 1. The molecule has 0 radical (unpaired) electrons. The Morgan fingerprint density at radius 2 is 1.77 bits per heavy atom. The summed E-state index contributed by atoms with van der Waals surface area (Å²) in [6.07, 6.45) is 0.0357. The third-order valence-corrected chi connectivity index (χ3v) is 5.91. The maximum absolute atomic E-state index is 12.6. The topological polar surface area (TPSA) is 172 Å². The number of aryl methyl sites for hydroxylation is 2. The molecule has 1 atom stereocenters. The molecular weight excluding hydrogens is 518 g/mol. The number of carboxylic acid groups (broad SMARTS) is 1. The second kappa shape index (κ2) is 13.9. The summed E-state index contributed by atoms with van der Waals surface area (Å²) in [4.78, 5) is 51.9. The molecule has 3 aromatic rings. The molecule has 40 heavy (non-hydrogen) atoms. The molecule has 5 N–H and O–H groups in total. The summed E-state index contributed by atoms with van der Waals surface area (Å²) in [6, 6.07) is 11.0. The minimum absolute atomic E-state index is 0.0619. The number of nitrogens with one attached hydrogen (secondary N) is 4. The Balaban J connectivity index is 1.51. The predicted molar refractivity (Wildman–Crippen MR) is 147 cm³/mol. The Morgan fingerprint density at radius 3 is 2.45 bits per heavy atom. The fraction of sp³-hybridized carbons (Fsp3) is 0.321. The molecule has 3 rings (SSSR count). The standard InChI is InChI=1S/C28H33N5O7/c1-16-7-5-6-8-21(16)32-28(38)33-22-10-9-19(12-25(22)39-4)11-20(35)14-29-15-24-17(2)40-26(31-24)13-23(27(36)37)30-18(3)34/h5-10,12,23,29H,11,13-15H2,1-4H3,(H,30,34)(H,36,37)(H2,32,33,38). The van der Waals surface area contributed by atoms with Crippen molar-refractivity contribution in [3.63, 3.8) is 0 Å². The Hall–Kier alpha value is -4.71. The molecule has 0 bridgehead atoms. The molecule has 1 heterocycles. The van der Waals surface area contributed by atoms with Crippen LogP contribution in [0.3, 0.4) is 0 Å². The van der Waals surface area contributed by atoms with Gasteiger partial charge in [-0.2, -0.15) is 0 Å². The lowest BCUT2D eigenvalue weighted by atomic mass is 10.1. The number of hydrogen-bond acceptors (Lipinski definition) is 8. The molecule has 2 aromatic carbocycles. The van der Waals surface area contributed by atoms with Crippen molar-refractivity contribution in [2.75, 3.05) is 24.3 Å². The SMILES string of the molecule is COc1cc(CC(=O)CNCc2nc(CC(NC(C)=O)C(=O)O)oc2C)ccc1NC(=O)Nc1ccccc1C. The number of para-hydroxylation sites is 1. The van der Waals surface area contributed by atoms with Gasteiger partial charge in [0.1, 0.15) is 17.6 Å². The molecule has 0 aliphatic heterocycles. The molecular formula is C28H33N5O7. The van der Waals surface area contributed by atoms with E-state index in [0.717, 1.165) is 5.56 Å². The lowest BCUT2D eigenvalue weighted by Crippen LogP contribution is -2.41. The fourth-order valence-electron chi connectivity index (χ4n) is 3.91. The summed E-state index contributed by atoms with van der Waals surface area (Å²) in [7, 11) is 1.48. The van der Waals surface area contributed by atoms with Crippen LogP contribution >= 0.6 is 0 Å². The van der Waals surface area contributed by atoms with Crippen LogP contribution in [-0.4, -0.2) is 53.5 Å². The molecule has 12 nitrogen and oxygen atoms in total. The number of aliphatic carboxylic acids is 1. The van der Waals surface area contributed by atoms with Gasteiger partial charge in [-0.25, -0.2) is 14.6 Å². The zero-order chi connectivity index (χ0) is 29.2. The summed E-state index contributed by atoms with van der Waals surface area (Å²) >= 11 is 0. The predicted octanol–water partition coefficient (Wildman–Crippen LogP) is 2.98. The van der Waals surface area contributed by atoms with Crippen LogP contribution in [0.1, 0.15) is 35.4 Å². The molecule has 1 unspecified atom stereocenters. The van der Waals surface area contributed by atoms with Crippen LogP contribution in [0.4, 0.5) is 16.2 Å². The molecule has 0 fully saturated rings. The van der Waals surface area contributed by atoms with Crippen LogP contribution in [0.25, 0.3) is 0 Å². The first-order valence-electron chi connectivity index (χ1n) is 12.5. The summed E-state index contributed by atoms with van der Waals surface area (Å²) in [5, 5.41) is 20.2.